The van der Waals surface area contributed by atoms with E-state index in [4.69, 9.17) is 47.4 Å². The molecule has 12 unspecified atom stereocenters. The van der Waals surface area contributed by atoms with Gasteiger partial charge < -0.3 is 57.6 Å². The predicted octanol–water partition coefficient (Wildman–Crippen LogP) is 13.0. The minimum absolute atomic E-state index is 0.0197. The van der Waals surface area contributed by atoms with Crippen LogP contribution < -0.4 is 0 Å². The van der Waals surface area contributed by atoms with Crippen molar-refractivity contribution in [2.24, 2.45) is 57.2 Å². The van der Waals surface area contributed by atoms with Crippen LogP contribution in [0.5, 0.6) is 0 Å². The summed E-state index contributed by atoms with van der Waals surface area (Å²) in [4.78, 5) is 86.2. The Hall–Kier alpha value is -3.91. The number of esters is 7. The summed E-state index contributed by atoms with van der Waals surface area (Å²) in [6, 6.07) is 0. The number of carbonyl (C=O) groups excluding carboxylic acids is 7. The third-order valence-electron chi connectivity index (χ3n) is 23.7. The molecule has 14 rings (SSSR count). The van der Waals surface area contributed by atoms with Crippen LogP contribution in [0.3, 0.4) is 0 Å². The molecule has 12 atom stereocenters. The maximum absolute atomic E-state index is 12.9. The molecule has 524 valence electrons. The van der Waals surface area contributed by atoms with Crippen LogP contribution in [0, 0.1) is 57.2 Å². The van der Waals surface area contributed by atoms with Crippen molar-refractivity contribution >= 4 is 41.8 Å². The van der Waals surface area contributed by atoms with Crippen molar-refractivity contribution in [3.05, 3.63) is 0 Å². The van der Waals surface area contributed by atoms with Gasteiger partial charge in [0.25, 0.3) is 0 Å². The third-order valence-corrected chi connectivity index (χ3v) is 23.7. The SMILES string of the molecule is CCC(C)(C)C(=O)OC12CC3CC(C1)CC(OC(C)C(=O)OC(C)OC1CCCCO1)(C3)C2.CCC(C)(C)C(=O)OC12CC3CC(O)(CC(O)(C3)C1)C2.CCC(C)(C)C(=O)OCC(=O)OC1C2CC3CC(C2)C(=O)OC1C3.CCC1(OC(=O)C(C)(C)CC)CCCC1. The molecule has 0 amide bonds. The van der Waals surface area contributed by atoms with E-state index in [0.717, 1.165) is 135 Å². The number of hydrogen-bond donors (Lipinski definition) is 2. The standard InChI is InChI=1S/C26H42O7.C18H26O6.C16H26O4.C13H24O2/c1-6-24(4,5)23(28)33-26-14-19-11-20(15-26)13-25(12-19,16-26)32-17(2)22(27)31-18(3)30-21-9-7-8-10-29-21;1-4-18(2,3)17(21)22-9-14(19)24-15-11-5-10-6-12(8-11)16(20)23-13(15)7-10;1-4-13(2,3)12(17)20-16-7-11-5-14(18,9-16)8-15(19,6-11)10-16;1-5-12(3,4)11(14)15-13(6-2)9-7-8-10-13/h17-21H,6-16H2,1-5H3;10-13,15H,4-9H2,1-3H3;11,18-19H,4-10H2,1-3H3;5-10H2,1-4H3. The molecule has 92 heavy (non-hydrogen) atoms. The minimum atomic E-state index is -0.842. The van der Waals surface area contributed by atoms with Crippen LogP contribution in [0.25, 0.3) is 0 Å². The van der Waals surface area contributed by atoms with Gasteiger partial charge in [-0.15, -0.1) is 0 Å². The average molecular weight is 1300 g/mol. The Kier molecular flexibility index (Phi) is 23.0. The van der Waals surface area contributed by atoms with E-state index in [0.29, 0.717) is 56.5 Å². The lowest BCUT2D eigenvalue weighted by Gasteiger charge is -2.62. The largest absolute Gasteiger partial charge is 0.459 e. The first-order valence-electron chi connectivity index (χ1n) is 35.8. The van der Waals surface area contributed by atoms with Gasteiger partial charge in [0.2, 0.25) is 6.29 Å². The van der Waals surface area contributed by atoms with Gasteiger partial charge in [-0.05, 0) is 247 Å². The summed E-state index contributed by atoms with van der Waals surface area (Å²) in [5.41, 5.74) is -5.31. The highest BCUT2D eigenvalue weighted by molar-refractivity contribution is 5.80. The van der Waals surface area contributed by atoms with E-state index >= 15 is 0 Å². The second-order valence-electron chi connectivity index (χ2n) is 33.3. The fourth-order valence-electron chi connectivity index (χ4n) is 17.5. The Labute approximate surface area is 549 Å². The van der Waals surface area contributed by atoms with Gasteiger partial charge in [-0.1, -0.05) is 34.6 Å². The lowest BCUT2D eigenvalue weighted by atomic mass is 9.50. The number of carbonyl (C=O) groups is 7. The molecular weight excluding hydrogens is 1180 g/mol. The Balaban J connectivity index is 0.000000164. The number of fused-ring (bicyclic) bond motifs is 1. The summed E-state index contributed by atoms with van der Waals surface area (Å²) in [6.07, 6.45) is 21.4. The molecule has 0 radical (unpaired) electrons. The van der Waals surface area contributed by atoms with Crippen LogP contribution in [0.1, 0.15) is 284 Å². The summed E-state index contributed by atoms with van der Waals surface area (Å²) < 4.78 is 57.4. The highest BCUT2D eigenvalue weighted by Crippen LogP contribution is 2.62. The van der Waals surface area contributed by atoms with Crippen molar-refractivity contribution in [1.29, 1.82) is 0 Å². The molecule has 2 N–H and O–H groups in total. The third kappa shape index (κ3) is 17.6. The lowest BCUT2D eigenvalue weighted by Crippen LogP contribution is -2.67. The second-order valence-corrected chi connectivity index (χ2v) is 33.3. The monoisotopic (exact) mass is 1300 g/mol. The van der Waals surface area contributed by atoms with E-state index in [9.17, 15) is 43.8 Å². The van der Waals surface area contributed by atoms with Crippen LogP contribution in [0.15, 0.2) is 0 Å². The van der Waals surface area contributed by atoms with E-state index in [-0.39, 0.29) is 71.6 Å². The Morgan fingerprint density at radius 2 is 1.11 bits per heavy atom. The minimum Gasteiger partial charge on any atom is -0.459 e. The molecule has 14 aliphatic rings. The highest BCUT2D eigenvalue weighted by Gasteiger charge is 2.65. The van der Waals surface area contributed by atoms with E-state index in [1.807, 2.05) is 69.2 Å². The Morgan fingerprint density at radius 3 is 1.64 bits per heavy atom. The van der Waals surface area contributed by atoms with Gasteiger partial charge in [0, 0.05) is 38.2 Å². The van der Waals surface area contributed by atoms with Gasteiger partial charge in [0.15, 0.2) is 19.0 Å². The molecule has 0 spiro atoms. The average Bonchev–Trinajstić information content (AvgIpc) is 0.871. The van der Waals surface area contributed by atoms with Crippen molar-refractivity contribution in [3.8, 4) is 0 Å². The van der Waals surface area contributed by atoms with Crippen molar-refractivity contribution < 1.29 is 91.1 Å². The zero-order chi connectivity index (χ0) is 67.7. The van der Waals surface area contributed by atoms with Gasteiger partial charge >= 0.3 is 41.8 Å². The topological polar surface area (TPSA) is 252 Å². The summed E-state index contributed by atoms with van der Waals surface area (Å²) in [5.74, 6) is -0.0595. The van der Waals surface area contributed by atoms with Crippen molar-refractivity contribution in [3.63, 3.8) is 0 Å². The van der Waals surface area contributed by atoms with E-state index in [1.165, 1.54) is 12.8 Å². The first kappa shape index (κ1) is 73.9. The van der Waals surface area contributed by atoms with Crippen LogP contribution >= 0.6 is 0 Å². The predicted molar refractivity (Wildman–Crippen MR) is 340 cm³/mol. The summed E-state index contributed by atoms with van der Waals surface area (Å²) in [6.45, 7) is 29.0. The summed E-state index contributed by atoms with van der Waals surface area (Å²) in [7, 11) is 0. The number of ether oxygens (including phenoxy) is 10. The maximum Gasteiger partial charge on any atom is 0.344 e. The first-order valence-corrected chi connectivity index (χ1v) is 35.8. The normalized spacial score (nSPS) is 35.8. The van der Waals surface area contributed by atoms with Crippen LogP contribution in [0.2, 0.25) is 0 Å². The van der Waals surface area contributed by atoms with Crippen molar-refractivity contribution in [1.82, 2.24) is 0 Å². The van der Waals surface area contributed by atoms with E-state index in [1.54, 1.807) is 27.7 Å². The summed E-state index contributed by atoms with van der Waals surface area (Å²) >= 11 is 0. The number of rotatable bonds is 21. The molecule has 3 saturated heterocycles. The van der Waals surface area contributed by atoms with Gasteiger partial charge in [-0.2, -0.15) is 0 Å². The first-order chi connectivity index (χ1) is 42.9. The van der Waals surface area contributed by atoms with Crippen molar-refractivity contribution in [2.45, 2.75) is 348 Å². The van der Waals surface area contributed by atoms with Gasteiger partial charge in [-0.3, -0.25) is 24.0 Å². The van der Waals surface area contributed by atoms with Gasteiger partial charge in [-0.25, -0.2) is 9.59 Å². The molecule has 0 aromatic rings. The molecule has 0 aromatic heterocycles. The fourth-order valence-corrected chi connectivity index (χ4v) is 17.5. The molecule has 3 aliphatic heterocycles. The van der Waals surface area contributed by atoms with E-state index < -0.39 is 80.7 Å². The molecule has 0 aromatic carbocycles. The van der Waals surface area contributed by atoms with Gasteiger partial charge in [0.1, 0.15) is 29.0 Å². The smallest absolute Gasteiger partial charge is 0.344 e. The molecule has 11 saturated carbocycles. The molecule has 12 bridgehead atoms. The highest BCUT2D eigenvalue weighted by atomic mass is 16.8. The zero-order valence-electron chi connectivity index (χ0n) is 58.9. The molecule has 14 fully saturated rings. The molecule has 19 heteroatoms. The Bertz CT molecular complexity index is 2580. The lowest BCUT2D eigenvalue weighted by molar-refractivity contribution is -0.264. The number of hydrogen-bond acceptors (Lipinski definition) is 19. The van der Waals surface area contributed by atoms with Crippen LogP contribution in [-0.2, 0) is 80.9 Å². The zero-order valence-corrected chi connectivity index (χ0v) is 58.9. The molecule has 3 heterocycles. The Morgan fingerprint density at radius 1 is 0.576 bits per heavy atom. The van der Waals surface area contributed by atoms with Gasteiger partial charge in [0.05, 0.1) is 44.4 Å². The molecular formula is C73H118O19. The van der Waals surface area contributed by atoms with Crippen molar-refractivity contribution in [2.75, 3.05) is 13.2 Å². The van der Waals surface area contributed by atoms with E-state index in [2.05, 4.69) is 6.92 Å². The number of aliphatic hydroxyl groups is 2. The second kappa shape index (κ2) is 28.7. The molecule has 11 aliphatic carbocycles. The maximum atomic E-state index is 12.9. The fraction of sp³-hybridized carbons (Fsp3) is 0.904. The molecule has 19 nitrogen and oxygen atoms in total. The summed E-state index contributed by atoms with van der Waals surface area (Å²) in [5, 5.41) is 21.3. The van der Waals surface area contributed by atoms with Crippen LogP contribution in [0.4, 0.5) is 0 Å². The quantitative estimate of drug-likeness (QED) is 0.0615. The van der Waals surface area contributed by atoms with Crippen LogP contribution in [-0.4, -0.2) is 130 Å².